The Bertz CT molecular complexity index is 2020. The molecule has 6 rings (SSSR count). The van der Waals surface area contributed by atoms with Crippen LogP contribution in [0.2, 0.25) is 0 Å². The highest BCUT2D eigenvalue weighted by molar-refractivity contribution is 7.81. The Labute approximate surface area is 229 Å². The van der Waals surface area contributed by atoms with Crippen molar-refractivity contribution in [1.82, 2.24) is 14.5 Å². The quantitative estimate of drug-likeness (QED) is 0.299. The molecule has 0 radical (unpaired) electrons. The van der Waals surface area contributed by atoms with Crippen LogP contribution < -0.4 is 14.3 Å². The number of fused-ring (bicyclic) bond motifs is 4. The molecule has 1 aliphatic heterocycles. The standard InChI is InChI=1S/C29H25FN4O5S/c1-33-10-8-19(9-11-33)34-25-14-22(18-4-3-5-20(13-18)39-40(30,36)37)26(38-2)15-23(25)28(35)27-21-7-6-17(16-31)12-24(21)32-29(27)34/h3-7,12-15,19,32H,8-11H2,1-2H3. The van der Waals surface area contributed by atoms with Crippen molar-refractivity contribution < 1.29 is 21.2 Å². The van der Waals surface area contributed by atoms with Gasteiger partial charge < -0.3 is 23.4 Å². The molecule has 0 spiro atoms. The molecule has 0 saturated carbocycles. The summed E-state index contributed by atoms with van der Waals surface area (Å²) in [6.07, 6.45) is 1.73. The molecule has 3 heterocycles. The number of rotatable bonds is 5. The van der Waals surface area contributed by atoms with Gasteiger partial charge in [0.2, 0.25) is 0 Å². The van der Waals surface area contributed by atoms with Gasteiger partial charge >= 0.3 is 10.5 Å². The van der Waals surface area contributed by atoms with E-state index in [1.807, 2.05) is 6.07 Å². The number of methoxy groups -OCH3 is 1. The van der Waals surface area contributed by atoms with E-state index in [1.165, 1.54) is 19.2 Å². The van der Waals surface area contributed by atoms with Crippen molar-refractivity contribution in [3.05, 3.63) is 70.4 Å². The predicted molar refractivity (Wildman–Crippen MR) is 151 cm³/mol. The van der Waals surface area contributed by atoms with Crippen molar-refractivity contribution in [1.29, 1.82) is 5.26 Å². The predicted octanol–water partition coefficient (Wildman–Crippen LogP) is 5.04. The van der Waals surface area contributed by atoms with Gasteiger partial charge in [0.05, 0.1) is 35.0 Å². The lowest BCUT2D eigenvalue weighted by atomic mass is 9.98. The van der Waals surface area contributed by atoms with Crippen molar-refractivity contribution in [2.45, 2.75) is 18.9 Å². The molecule has 0 aliphatic carbocycles. The molecule has 11 heteroatoms. The molecule has 9 nitrogen and oxygen atoms in total. The molecule has 5 aromatic rings. The third-order valence-electron chi connectivity index (χ3n) is 7.59. The summed E-state index contributed by atoms with van der Waals surface area (Å²) >= 11 is 0. The number of pyridine rings is 1. The summed E-state index contributed by atoms with van der Waals surface area (Å²) in [5.41, 5.74) is 3.48. The summed E-state index contributed by atoms with van der Waals surface area (Å²) < 4.78 is 47.7. The fourth-order valence-electron chi connectivity index (χ4n) is 5.73. The van der Waals surface area contributed by atoms with Crippen LogP contribution in [0.1, 0.15) is 24.4 Å². The van der Waals surface area contributed by atoms with Gasteiger partial charge in [-0.2, -0.15) is 13.7 Å². The van der Waals surface area contributed by atoms with Crippen molar-refractivity contribution in [2.75, 3.05) is 27.2 Å². The number of benzene rings is 3. The second-order valence-electron chi connectivity index (χ2n) is 10.0. The SMILES string of the molecule is COc1cc2c(=O)c3c4ccc(C#N)cc4[nH]c3n(C3CCN(C)CC3)c2cc1-c1cccc(OS(=O)(=O)F)c1. The lowest BCUT2D eigenvalue weighted by Gasteiger charge is -2.32. The summed E-state index contributed by atoms with van der Waals surface area (Å²) in [5, 5.41) is 11.2. The van der Waals surface area contributed by atoms with Crippen molar-refractivity contribution in [3.63, 3.8) is 0 Å². The summed E-state index contributed by atoms with van der Waals surface area (Å²) in [6.45, 7) is 1.78. The molecule has 204 valence electrons. The molecule has 0 atom stereocenters. The number of nitrogens with zero attached hydrogens (tertiary/aromatic N) is 3. The van der Waals surface area contributed by atoms with Gasteiger partial charge in [-0.15, -0.1) is 0 Å². The second kappa shape index (κ2) is 9.66. The van der Waals surface area contributed by atoms with Crippen molar-refractivity contribution >= 4 is 43.3 Å². The van der Waals surface area contributed by atoms with Crippen molar-refractivity contribution in [3.8, 4) is 28.7 Å². The lowest BCUT2D eigenvalue weighted by molar-refractivity contribution is 0.226. The first kappa shape index (κ1) is 25.9. The Morgan fingerprint density at radius 3 is 2.55 bits per heavy atom. The van der Waals surface area contributed by atoms with Crippen LogP contribution in [0.25, 0.3) is 44.0 Å². The number of halogens is 1. The number of piperidine rings is 1. The van der Waals surface area contributed by atoms with Crippen LogP contribution in [-0.4, -0.2) is 50.1 Å². The zero-order valence-corrected chi connectivity index (χ0v) is 22.6. The van der Waals surface area contributed by atoms with E-state index < -0.39 is 10.5 Å². The average Bonchev–Trinajstić information content (AvgIpc) is 3.31. The zero-order chi connectivity index (χ0) is 28.2. The largest absolute Gasteiger partial charge is 0.496 e. The van der Waals surface area contributed by atoms with Gasteiger partial charge in [0, 0.05) is 22.5 Å². The highest BCUT2D eigenvalue weighted by Crippen LogP contribution is 2.39. The number of nitrogens with one attached hydrogen (secondary N) is 1. The first-order valence-corrected chi connectivity index (χ1v) is 14.0. The molecule has 1 fully saturated rings. The van der Waals surface area contributed by atoms with Crippen LogP contribution in [0, 0.1) is 11.3 Å². The third-order valence-corrected chi connectivity index (χ3v) is 7.98. The fraction of sp³-hybridized carbons (Fsp3) is 0.241. The number of ether oxygens (including phenoxy) is 1. The van der Waals surface area contributed by atoms with Gasteiger partial charge in [0.15, 0.2) is 5.43 Å². The van der Waals surface area contributed by atoms with Crippen molar-refractivity contribution in [2.24, 2.45) is 0 Å². The van der Waals surface area contributed by atoms with E-state index in [0.717, 1.165) is 31.3 Å². The van der Waals surface area contributed by atoms with Gasteiger partial charge in [-0.25, -0.2) is 0 Å². The maximum Gasteiger partial charge on any atom is 0.488 e. The van der Waals surface area contributed by atoms with Gasteiger partial charge in [-0.3, -0.25) is 4.79 Å². The van der Waals surface area contributed by atoms with E-state index >= 15 is 0 Å². The highest BCUT2D eigenvalue weighted by Gasteiger charge is 2.26. The number of likely N-dealkylation sites (tertiary alicyclic amines) is 1. The monoisotopic (exact) mass is 560 g/mol. The highest BCUT2D eigenvalue weighted by atomic mass is 32.3. The van der Waals surface area contributed by atoms with E-state index in [1.54, 1.807) is 36.4 Å². The summed E-state index contributed by atoms with van der Waals surface area (Å²) in [6, 6.07) is 17.1. The number of hydrogen-bond donors (Lipinski definition) is 1. The van der Waals surface area contributed by atoms with E-state index in [9.17, 15) is 22.4 Å². The van der Waals surface area contributed by atoms with Crippen LogP contribution in [0.4, 0.5) is 3.89 Å². The molecule has 0 bridgehead atoms. The molecule has 1 saturated heterocycles. The first-order chi connectivity index (χ1) is 19.2. The molecule has 40 heavy (non-hydrogen) atoms. The molecule has 3 aromatic carbocycles. The van der Waals surface area contributed by atoms with Crippen LogP contribution >= 0.6 is 0 Å². The minimum absolute atomic E-state index is 0.0814. The number of hydrogen-bond acceptors (Lipinski definition) is 7. The Morgan fingerprint density at radius 1 is 1.07 bits per heavy atom. The maximum atomic E-state index is 14.0. The zero-order valence-electron chi connectivity index (χ0n) is 21.8. The third kappa shape index (κ3) is 4.45. The molecular formula is C29H25FN4O5S. The molecule has 0 unspecified atom stereocenters. The van der Waals surface area contributed by atoms with E-state index in [-0.39, 0.29) is 17.2 Å². The van der Waals surface area contributed by atoms with Crippen LogP contribution in [0.15, 0.2) is 59.4 Å². The van der Waals surface area contributed by atoms with Crippen LogP contribution in [0.3, 0.4) is 0 Å². The van der Waals surface area contributed by atoms with Crippen LogP contribution in [0.5, 0.6) is 11.5 Å². The second-order valence-corrected chi connectivity index (χ2v) is 11.0. The van der Waals surface area contributed by atoms with Gasteiger partial charge in [-0.1, -0.05) is 22.1 Å². The van der Waals surface area contributed by atoms with Gasteiger partial charge in [-0.05, 0) is 74.9 Å². The Kier molecular flexibility index (Phi) is 6.24. The smallest absolute Gasteiger partial charge is 0.488 e. The van der Waals surface area contributed by atoms with Gasteiger partial charge in [0.25, 0.3) is 0 Å². The van der Waals surface area contributed by atoms with E-state index in [4.69, 9.17) is 4.74 Å². The Morgan fingerprint density at radius 2 is 1.85 bits per heavy atom. The van der Waals surface area contributed by atoms with E-state index in [0.29, 0.717) is 49.9 Å². The molecule has 1 aliphatic rings. The molecular weight excluding hydrogens is 535 g/mol. The number of aromatic amines is 1. The summed E-state index contributed by atoms with van der Waals surface area (Å²) in [5.74, 6) is 0.208. The Hall–Kier alpha value is -4.40. The van der Waals surface area contributed by atoms with Crippen LogP contribution in [-0.2, 0) is 10.5 Å². The minimum Gasteiger partial charge on any atom is -0.496 e. The minimum atomic E-state index is -5.21. The maximum absolute atomic E-state index is 14.0. The Balaban J connectivity index is 1.68. The van der Waals surface area contributed by atoms with E-state index in [2.05, 4.69) is 31.8 Å². The summed E-state index contributed by atoms with van der Waals surface area (Å²) in [7, 11) is -1.64. The molecule has 1 N–H and O–H groups in total. The fourth-order valence-corrected chi connectivity index (χ4v) is 6.06. The van der Waals surface area contributed by atoms with Gasteiger partial charge in [0.1, 0.15) is 17.1 Å². The topological polar surface area (TPSA) is 117 Å². The normalized spacial score (nSPS) is 15.1. The first-order valence-electron chi connectivity index (χ1n) is 12.7. The lowest BCUT2D eigenvalue weighted by Crippen LogP contribution is -2.32. The average molecular weight is 561 g/mol. The molecule has 2 aromatic heterocycles. The molecule has 0 amide bonds. The summed E-state index contributed by atoms with van der Waals surface area (Å²) in [4.78, 5) is 19.7. The number of nitriles is 1. The number of aromatic nitrogens is 2. The number of H-pyrrole nitrogens is 1.